The van der Waals surface area contributed by atoms with Crippen LogP contribution in [0, 0.1) is 0 Å². The number of rotatable bonds is 5. The summed E-state index contributed by atoms with van der Waals surface area (Å²) in [6.45, 7) is 5.24. The highest BCUT2D eigenvalue weighted by molar-refractivity contribution is 5.81. The highest BCUT2D eigenvalue weighted by Crippen LogP contribution is 2.11. The maximum absolute atomic E-state index is 11.9. The minimum absolute atomic E-state index is 0.0249. The number of nitrogens with zero attached hydrogens (tertiary/aromatic N) is 1. The van der Waals surface area contributed by atoms with Gasteiger partial charge in [-0.15, -0.1) is 0 Å². The maximum atomic E-state index is 11.9. The molecule has 0 unspecified atom stereocenters. The zero-order valence-electron chi connectivity index (χ0n) is 10.4. The fraction of sp³-hybridized carbons (Fsp3) is 0.462. The molecular weight excluding hydrogens is 216 g/mol. The number of hydrogen-bond acceptors (Lipinski definition) is 3. The standard InChI is InChI=1S/C13H20N2O2/c1-3-15(4-2)13(17)12(14)9-10-5-7-11(16)8-6-10/h5-8,12,16H,3-4,9,14H2,1-2H3/t12-/m1/s1. The molecule has 0 bridgehead atoms. The van der Waals surface area contributed by atoms with E-state index in [2.05, 4.69) is 0 Å². The molecule has 94 valence electrons. The number of aromatic hydroxyl groups is 1. The second-order valence-electron chi connectivity index (χ2n) is 3.99. The van der Waals surface area contributed by atoms with Crippen LogP contribution in [-0.4, -0.2) is 35.0 Å². The number of carbonyl (C=O) groups excluding carboxylic acids is 1. The van der Waals surface area contributed by atoms with Crippen molar-refractivity contribution < 1.29 is 9.90 Å². The highest BCUT2D eigenvalue weighted by Gasteiger charge is 2.18. The topological polar surface area (TPSA) is 66.6 Å². The van der Waals surface area contributed by atoms with Gasteiger partial charge in [-0.25, -0.2) is 0 Å². The van der Waals surface area contributed by atoms with E-state index in [1.807, 2.05) is 13.8 Å². The fourth-order valence-corrected chi connectivity index (χ4v) is 1.74. The number of carbonyl (C=O) groups is 1. The van der Waals surface area contributed by atoms with Crippen LogP contribution in [-0.2, 0) is 11.2 Å². The van der Waals surface area contributed by atoms with Crippen LogP contribution in [0.25, 0.3) is 0 Å². The quantitative estimate of drug-likeness (QED) is 0.805. The molecule has 0 spiro atoms. The Labute approximate surface area is 102 Å². The summed E-state index contributed by atoms with van der Waals surface area (Å²) < 4.78 is 0. The predicted octanol–water partition coefficient (Wildman–Crippen LogP) is 1.13. The van der Waals surface area contributed by atoms with Crippen LogP contribution in [0.5, 0.6) is 5.75 Å². The van der Waals surface area contributed by atoms with E-state index < -0.39 is 6.04 Å². The molecule has 4 heteroatoms. The minimum atomic E-state index is -0.514. The Bertz CT molecular complexity index is 358. The summed E-state index contributed by atoms with van der Waals surface area (Å²) >= 11 is 0. The van der Waals surface area contributed by atoms with Crippen LogP contribution >= 0.6 is 0 Å². The van der Waals surface area contributed by atoms with Crippen LogP contribution in [0.3, 0.4) is 0 Å². The SMILES string of the molecule is CCN(CC)C(=O)[C@H](N)Cc1ccc(O)cc1. The third-order valence-electron chi connectivity index (χ3n) is 2.78. The molecule has 1 rings (SSSR count). The van der Waals surface area contributed by atoms with Crippen LogP contribution in [0.4, 0.5) is 0 Å². The molecule has 3 N–H and O–H groups in total. The van der Waals surface area contributed by atoms with E-state index in [4.69, 9.17) is 10.8 Å². The third kappa shape index (κ3) is 3.75. The summed E-state index contributed by atoms with van der Waals surface area (Å²) in [5.41, 5.74) is 6.84. The molecule has 1 aromatic rings. The van der Waals surface area contributed by atoms with Crippen LogP contribution in [0.15, 0.2) is 24.3 Å². The second-order valence-corrected chi connectivity index (χ2v) is 3.99. The summed E-state index contributed by atoms with van der Waals surface area (Å²) in [4.78, 5) is 13.7. The van der Waals surface area contributed by atoms with E-state index in [-0.39, 0.29) is 11.7 Å². The highest BCUT2D eigenvalue weighted by atomic mass is 16.3. The molecule has 0 radical (unpaired) electrons. The van der Waals surface area contributed by atoms with E-state index in [9.17, 15) is 4.79 Å². The number of hydrogen-bond donors (Lipinski definition) is 2. The van der Waals surface area contributed by atoms with Crippen molar-refractivity contribution in [3.05, 3.63) is 29.8 Å². The van der Waals surface area contributed by atoms with Crippen molar-refractivity contribution in [2.24, 2.45) is 5.73 Å². The van der Waals surface area contributed by atoms with Gasteiger partial charge in [-0.3, -0.25) is 4.79 Å². The lowest BCUT2D eigenvalue weighted by Crippen LogP contribution is -2.44. The first kappa shape index (κ1) is 13.5. The Morgan fingerprint density at radius 1 is 1.29 bits per heavy atom. The number of phenolic OH excluding ortho intramolecular Hbond substituents is 1. The molecule has 0 fully saturated rings. The van der Waals surface area contributed by atoms with Gasteiger partial charge in [0, 0.05) is 13.1 Å². The summed E-state index contributed by atoms with van der Waals surface area (Å²) in [6, 6.07) is 6.25. The van der Waals surface area contributed by atoms with Crippen LogP contribution < -0.4 is 5.73 Å². The zero-order chi connectivity index (χ0) is 12.8. The smallest absolute Gasteiger partial charge is 0.239 e. The fourth-order valence-electron chi connectivity index (χ4n) is 1.74. The molecule has 0 heterocycles. The molecule has 0 aliphatic carbocycles. The van der Waals surface area contributed by atoms with Gasteiger partial charge in [0.05, 0.1) is 6.04 Å². The summed E-state index contributed by atoms with van der Waals surface area (Å²) in [5, 5.41) is 9.16. The molecule has 1 aromatic carbocycles. The summed E-state index contributed by atoms with van der Waals surface area (Å²) in [5.74, 6) is 0.195. The van der Waals surface area contributed by atoms with Crippen molar-refractivity contribution in [2.75, 3.05) is 13.1 Å². The average molecular weight is 236 g/mol. The Balaban J connectivity index is 2.62. The first-order chi connectivity index (χ1) is 8.08. The van der Waals surface area contributed by atoms with E-state index >= 15 is 0 Å². The lowest BCUT2D eigenvalue weighted by molar-refractivity contribution is -0.132. The van der Waals surface area contributed by atoms with Crippen LogP contribution in [0.2, 0.25) is 0 Å². The van der Waals surface area contributed by atoms with E-state index in [1.54, 1.807) is 29.2 Å². The van der Waals surface area contributed by atoms with Crippen molar-refractivity contribution in [3.8, 4) is 5.75 Å². The van der Waals surface area contributed by atoms with Crippen molar-refractivity contribution in [1.29, 1.82) is 0 Å². The van der Waals surface area contributed by atoms with Crippen molar-refractivity contribution in [1.82, 2.24) is 4.90 Å². The Morgan fingerprint density at radius 2 is 1.82 bits per heavy atom. The maximum Gasteiger partial charge on any atom is 0.239 e. The molecule has 17 heavy (non-hydrogen) atoms. The van der Waals surface area contributed by atoms with Gasteiger partial charge in [-0.1, -0.05) is 12.1 Å². The molecule has 0 aliphatic heterocycles. The number of nitrogens with two attached hydrogens (primary N) is 1. The van der Waals surface area contributed by atoms with E-state index in [1.165, 1.54) is 0 Å². The minimum Gasteiger partial charge on any atom is -0.508 e. The molecule has 4 nitrogen and oxygen atoms in total. The van der Waals surface area contributed by atoms with Gasteiger partial charge < -0.3 is 15.7 Å². The molecule has 0 aliphatic rings. The Morgan fingerprint density at radius 3 is 2.29 bits per heavy atom. The normalized spacial score (nSPS) is 12.2. The zero-order valence-corrected chi connectivity index (χ0v) is 10.4. The first-order valence-electron chi connectivity index (χ1n) is 5.90. The van der Waals surface area contributed by atoms with Crippen LogP contribution in [0.1, 0.15) is 19.4 Å². The summed E-state index contributed by atoms with van der Waals surface area (Å²) in [6.07, 6.45) is 0.496. The van der Waals surface area contributed by atoms with Gasteiger partial charge in [0.1, 0.15) is 5.75 Å². The molecule has 0 aromatic heterocycles. The molecular formula is C13H20N2O2. The molecule has 1 amide bonds. The number of benzene rings is 1. The van der Waals surface area contributed by atoms with Gasteiger partial charge in [-0.05, 0) is 38.0 Å². The van der Waals surface area contributed by atoms with Gasteiger partial charge in [0.2, 0.25) is 5.91 Å². The first-order valence-corrected chi connectivity index (χ1v) is 5.90. The third-order valence-corrected chi connectivity index (χ3v) is 2.78. The molecule has 1 atom stereocenters. The van der Waals surface area contributed by atoms with E-state index in [0.29, 0.717) is 19.5 Å². The van der Waals surface area contributed by atoms with Gasteiger partial charge in [-0.2, -0.15) is 0 Å². The Hall–Kier alpha value is -1.55. The number of likely N-dealkylation sites (N-methyl/N-ethyl adjacent to an activating group) is 1. The van der Waals surface area contributed by atoms with Gasteiger partial charge >= 0.3 is 0 Å². The average Bonchev–Trinajstić information content (AvgIpc) is 2.33. The number of amides is 1. The van der Waals surface area contributed by atoms with Gasteiger partial charge in [0.25, 0.3) is 0 Å². The monoisotopic (exact) mass is 236 g/mol. The van der Waals surface area contributed by atoms with Crippen molar-refractivity contribution in [2.45, 2.75) is 26.3 Å². The second kappa shape index (κ2) is 6.25. The van der Waals surface area contributed by atoms with E-state index in [0.717, 1.165) is 5.56 Å². The largest absolute Gasteiger partial charge is 0.508 e. The summed E-state index contributed by atoms with van der Waals surface area (Å²) in [7, 11) is 0. The predicted molar refractivity (Wildman–Crippen MR) is 67.7 cm³/mol. The lowest BCUT2D eigenvalue weighted by Gasteiger charge is -2.22. The van der Waals surface area contributed by atoms with Crippen molar-refractivity contribution >= 4 is 5.91 Å². The Kier molecular flexibility index (Phi) is 4.97. The molecule has 0 saturated carbocycles. The number of phenols is 1. The molecule has 0 saturated heterocycles. The van der Waals surface area contributed by atoms with Gasteiger partial charge in [0.15, 0.2) is 0 Å². The lowest BCUT2D eigenvalue weighted by atomic mass is 10.1. The van der Waals surface area contributed by atoms with Crippen molar-refractivity contribution in [3.63, 3.8) is 0 Å².